The molecule has 0 spiro atoms. The van der Waals surface area contributed by atoms with Gasteiger partial charge in [-0.2, -0.15) is 0 Å². The van der Waals surface area contributed by atoms with Gasteiger partial charge >= 0.3 is 12.1 Å². The number of fused-ring (bicyclic) bond motifs is 1. The standard InChI is InChI=1S/C26H28Cl2N4O5/c1-17(33)32(30-15-20-9-5-11-22(27)25(20)28)21(10-6-12-24(34)36-2)16-37-26(35)31-23-13-18-7-3-4-8-19(18)14-29-23/h3-5,7-9,11,13-14,21,30H,6,10,12,15-16H2,1-2H3,(H,29,31,35)/t21-/m0/s1. The summed E-state index contributed by atoms with van der Waals surface area (Å²) in [5.41, 5.74) is 3.74. The summed E-state index contributed by atoms with van der Waals surface area (Å²) < 4.78 is 10.1. The number of nitrogens with zero attached hydrogens (tertiary/aromatic N) is 2. The molecule has 0 saturated heterocycles. The molecule has 37 heavy (non-hydrogen) atoms. The topological polar surface area (TPSA) is 110 Å². The van der Waals surface area contributed by atoms with E-state index in [0.717, 1.165) is 10.8 Å². The van der Waals surface area contributed by atoms with E-state index < -0.39 is 12.1 Å². The molecule has 0 unspecified atom stereocenters. The maximum absolute atomic E-state index is 12.5. The van der Waals surface area contributed by atoms with Crippen molar-refractivity contribution in [2.45, 2.75) is 38.8 Å². The Balaban J connectivity index is 1.67. The number of pyridine rings is 1. The second-order valence-electron chi connectivity index (χ2n) is 8.20. The zero-order chi connectivity index (χ0) is 26.8. The molecule has 3 aromatic rings. The molecule has 0 aliphatic carbocycles. The minimum Gasteiger partial charge on any atom is -0.469 e. The monoisotopic (exact) mass is 546 g/mol. The van der Waals surface area contributed by atoms with Crippen molar-refractivity contribution in [3.8, 4) is 0 Å². The summed E-state index contributed by atoms with van der Waals surface area (Å²) in [5, 5.41) is 6.61. The highest BCUT2D eigenvalue weighted by Gasteiger charge is 2.24. The van der Waals surface area contributed by atoms with Crippen molar-refractivity contribution in [1.82, 2.24) is 15.4 Å². The Labute approximate surface area is 225 Å². The van der Waals surface area contributed by atoms with Gasteiger partial charge in [0.1, 0.15) is 12.4 Å². The first-order chi connectivity index (χ1) is 17.8. The van der Waals surface area contributed by atoms with Crippen LogP contribution in [0.25, 0.3) is 10.8 Å². The predicted octanol–water partition coefficient (Wildman–Crippen LogP) is 5.36. The molecule has 0 bridgehead atoms. The smallest absolute Gasteiger partial charge is 0.412 e. The molecule has 2 N–H and O–H groups in total. The van der Waals surface area contributed by atoms with Crippen LogP contribution in [0.2, 0.25) is 10.0 Å². The molecule has 0 fully saturated rings. The second kappa shape index (κ2) is 13.8. The molecule has 1 atom stereocenters. The molecule has 1 aromatic heterocycles. The van der Waals surface area contributed by atoms with Crippen molar-refractivity contribution in [1.29, 1.82) is 0 Å². The number of carbonyl (C=O) groups is 3. The number of amides is 2. The number of nitrogens with one attached hydrogen (secondary N) is 2. The number of anilines is 1. The van der Waals surface area contributed by atoms with Crippen molar-refractivity contribution in [3.05, 3.63) is 70.3 Å². The average molecular weight is 547 g/mol. The van der Waals surface area contributed by atoms with Gasteiger partial charge in [0.15, 0.2) is 0 Å². The van der Waals surface area contributed by atoms with Gasteiger partial charge in [-0.15, -0.1) is 0 Å². The van der Waals surface area contributed by atoms with E-state index >= 15 is 0 Å². The zero-order valence-electron chi connectivity index (χ0n) is 20.5. The van der Waals surface area contributed by atoms with Crippen LogP contribution in [0.15, 0.2) is 54.7 Å². The van der Waals surface area contributed by atoms with Crippen LogP contribution in [0.3, 0.4) is 0 Å². The van der Waals surface area contributed by atoms with Gasteiger partial charge in [0.05, 0.1) is 23.2 Å². The van der Waals surface area contributed by atoms with Crippen LogP contribution in [-0.2, 0) is 25.6 Å². The fraction of sp³-hybridized carbons (Fsp3) is 0.308. The molecule has 0 aliphatic rings. The van der Waals surface area contributed by atoms with Crippen LogP contribution in [0.5, 0.6) is 0 Å². The quantitative estimate of drug-likeness (QED) is 0.246. The summed E-state index contributed by atoms with van der Waals surface area (Å²) >= 11 is 12.4. The van der Waals surface area contributed by atoms with Gasteiger partial charge in [0.2, 0.25) is 5.91 Å². The SMILES string of the molecule is COC(=O)CCC[C@@H](COC(=O)Nc1cc2ccccc2cn1)N(NCc1cccc(Cl)c1Cl)C(C)=O. The van der Waals surface area contributed by atoms with Crippen LogP contribution >= 0.6 is 23.2 Å². The number of benzene rings is 2. The number of rotatable bonds is 11. The van der Waals surface area contributed by atoms with Crippen molar-refractivity contribution in [3.63, 3.8) is 0 Å². The van der Waals surface area contributed by atoms with Crippen molar-refractivity contribution in [2.24, 2.45) is 0 Å². The third kappa shape index (κ3) is 8.31. The Kier molecular flexibility index (Phi) is 10.5. The molecule has 0 radical (unpaired) electrons. The van der Waals surface area contributed by atoms with E-state index in [4.69, 9.17) is 32.7 Å². The van der Waals surface area contributed by atoms with Gasteiger partial charge in [-0.3, -0.25) is 19.9 Å². The van der Waals surface area contributed by atoms with Crippen molar-refractivity contribution < 1.29 is 23.9 Å². The maximum atomic E-state index is 12.5. The molecule has 2 aromatic carbocycles. The van der Waals surface area contributed by atoms with Crippen LogP contribution in [0, 0.1) is 0 Å². The lowest BCUT2D eigenvalue weighted by molar-refractivity contribution is -0.140. The Morgan fingerprint density at radius 1 is 1.08 bits per heavy atom. The maximum Gasteiger partial charge on any atom is 0.412 e. The molecule has 196 valence electrons. The van der Waals surface area contributed by atoms with E-state index in [9.17, 15) is 14.4 Å². The molecule has 9 nitrogen and oxygen atoms in total. The minimum atomic E-state index is -0.720. The van der Waals surface area contributed by atoms with Gasteiger partial charge in [0.25, 0.3) is 0 Å². The number of halogens is 2. The van der Waals surface area contributed by atoms with Crippen LogP contribution in [0.1, 0.15) is 31.7 Å². The average Bonchev–Trinajstić information content (AvgIpc) is 2.88. The number of hydrogen-bond donors (Lipinski definition) is 2. The Morgan fingerprint density at radius 3 is 2.57 bits per heavy atom. The Hall–Kier alpha value is -3.40. The van der Waals surface area contributed by atoms with E-state index in [1.807, 2.05) is 24.3 Å². The van der Waals surface area contributed by atoms with Gasteiger partial charge < -0.3 is 9.47 Å². The summed E-state index contributed by atoms with van der Waals surface area (Å²) in [6.45, 7) is 1.47. The molecule has 1 heterocycles. The Bertz CT molecular complexity index is 1260. The third-order valence-electron chi connectivity index (χ3n) is 5.59. The lowest BCUT2D eigenvalue weighted by Crippen LogP contribution is -2.50. The summed E-state index contributed by atoms with van der Waals surface area (Å²) in [4.78, 5) is 40.9. The van der Waals surface area contributed by atoms with Crippen LogP contribution in [0.4, 0.5) is 10.6 Å². The summed E-state index contributed by atoms with van der Waals surface area (Å²) in [5.74, 6) is -0.336. The number of ether oxygens (including phenoxy) is 2. The lowest BCUT2D eigenvalue weighted by atomic mass is 10.1. The van der Waals surface area contributed by atoms with E-state index in [1.54, 1.807) is 30.5 Å². The van der Waals surface area contributed by atoms with E-state index in [-0.39, 0.29) is 31.4 Å². The Morgan fingerprint density at radius 2 is 1.84 bits per heavy atom. The van der Waals surface area contributed by atoms with Gasteiger partial charge in [-0.25, -0.2) is 15.2 Å². The number of carbonyl (C=O) groups excluding carboxylic acids is 3. The zero-order valence-corrected chi connectivity index (χ0v) is 22.0. The van der Waals surface area contributed by atoms with E-state index in [2.05, 4.69) is 15.7 Å². The summed E-state index contributed by atoms with van der Waals surface area (Å²) in [6.07, 6.45) is 1.88. The fourth-order valence-electron chi connectivity index (χ4n) is 3.69. The first-order valence-electron chi connectivity index (χ1n) is 11.6. The molecular formula is C26H28Cl2N4O5. The molecule has 0 aliphatic heterocycles. The van der Waals surface area contributed by atoms with Gasteiger partial charge in [0, 0.05) is 31.5 Å². The van der Waals surface area contributed by atoms with Gasteiger partial charge in [-0.1, -0.05) is 59.6 Å². The highest BCUT2D eigenvalue weighted by molar-refractivity contribution is 6.42. The van der Waals surface area contributed by atoms with Crippen LogP contribution in [-0.4, -0.2) is 47.7 Å². The van der Waals surface area contributed by atoms with Gasteiger partial charge in [-0.05, 0) is 35.9 Å². The molecule has 11 heteroatoms. The second-order valence-corrected chi connectivity index (χ2v) is 8.98. The minimum absolute atomic E-state index is 0.129. The summed E-state index contributed by atoms with van der Waals surface area (Å²) in [6, 6.07) is 14.0. The summed E-state index contributed by atoms with van der Waals surface area (Å²) in [7, 11) is 1.31. The number of esters is 1. The van der Waals surface area contributed by atoms with Crippen molar-refractivity contribution >= 4 is 57.8 Å². The lowest BCUT2D eigenvalue weighted by Gasteiger charge is -2.31. The van der Waals surface area contributed by atoms with Crippen molar-refractivity contribution in [2.75, 3.05) is 19.0 Å². The first-order valence-corrected chi connectivity index (χ1v) is 12.4. The first kappa shape index (κ1) is 28.2. The molecular weight excluding hydrogens is 519 g/mol. The number of hydrazine groups is 1. The number of methoxy groups -OCH3 is 1. The number of hydrogen-bond acceptors (Lipinski definition) is 7. The predicted molar refractivity (Wildman–Crippen MR) is 142 cm³/mol. The highest BCUT2D eigenvalue weighted by Crippen LogP contribution is 2.25. The molecule has 2 amide bonds. The molecule has 3 rings (SSSR count). The normalized spacial score (nSPS) is 11.6. The van der Waals surface area contributed by atoms with Crippen LogP contribution < -0.4 is 10.7 Å². The van der Waals surface area contributed by atoms with E-state index in [0.29, 0.717) is 34.3 Å². The highest BCUT2D eigenvalue weighted by atomic mass is 35.5. The molecule has 0 saturated carbocycles. The fourth-order valence-corrected chi connectivity index (χ4v) is 4.08. The third-order valence-corrected chi connectivity index (χ3v) is 6.45. The number of aromatic nitrogens is 1. The largest absolute Gasteiger partial charge is 0.469 e. The van der Waals surface area contributed by atoms with E-state index in [1.165, 1.54) is 19.0 Å².